The molecule has 0 saturated heterocycles. The van der Waals surface area contributed by atoms with Gasteiger partial charge in [0.2, 0.25) is 0 Å². The highest BCUT2D eigenvalue weighted by Crippen LogP contribution is 2.79. The van der Waals surface area contributed by atoms with Crippen LogP contribution in [-0.2, 0) is 0 Å². The van der Waals surface area contributed by atoms with Gasteiger partial charge in [-0.2, -0.15) is 0 Å². The van der Waals surface area contributed by atoms with E-state index in [1.165, 1.54) is 31.0 Å². The third kappa shape index (κ3) is 4.78. The maximum absolute atomic E-state index is 5.02. The first-order valence-electron chi connectivity index (χ1n) is 16.4. The smallest absolute Gasteiger partial charge is 0.182 e. The van der Waals surface area contributed by atoms with Gasteiger partial charge in [0.05, 0.1) is 17.1 Å². The lowest BCUT2D eigenvalue weighted by Crippen LogP contribution is -2.21. The minimum Gasteiger partial charge on any atom is -0.308 e. The lowest BCUT2D eigenvalue weighted by atomic mass is 10.1. The molecule has 7 aromatic carbocycles. The molecule has 5 heteroatoms. The van der Waals surface area contributed by atoms with Crippen LogP contribution in [0.2, 0.25) is 0 Å². The van der Waals surface area contributed by atoms with Crippen LogP contribution in [-0.4, -0.2) is 14.8 Å². The largest absolute Gasteiger partial charge is 0.308 e. The van der Waals surface area contributed by atoms with Gasteiger partial charge >= 0.3 is 0 Å². The highest BCUT2D eigenvalue weighted by atomic mass is 32.3. The Kier molecular flexibility index (Phi) is 7.18. The highest BCUT2D eigenvalue weighted by molar-refractivity contribution is 8.34. The molecule has 0 radical (unpaired) electrons. The number of para-hydroxylation sites is 2. The fourth-order valence-corrected chi connectivity index (χ4v) is 11.1. The van der Waals surface area contributed by atoms with Gasteiger partial charge in [-0.3, -0.25) is 0 Å². The van der Waals surface area contributed by atoms with Crippen LogP contribution in [0.1, 0.15) is 0 Å². The highest BCUT2D eigenvalue weighted by Gasteiger charge is 2.42. The van der Waals surface area contributed by atoms with E-state index in [0.717, 1.165) is 28.3 Å². The molecule has 0 aliphatic carbocycles. The molecule has 0 bridgehead atoms. The molecule has 49 heavy (non-hydrogen) atoms. The van der Waals surface area contributed by atoms with Crippen LogP contribution in [0.25, 0.3) is 28.5 Å². The third-order valence-electron chi connectivity index (χ3n) is 9.09. The first-order chi connectivity index (χ1) is 24.3. The summed E-state index contributed by atoms with van der Waals surface area (Å²) in [4.78, 5) is 12.7. The van der Waals surface area contributed by atoms with Gasteiger partial charge in [-0.05, 0) is 72.8 Å². The molecule has 8 aromatic rings. The van der Waals surface area contributed by atoms with Crippen molar-refractivity contribution in [3.8, 4) is 28.5 Å². The van der Waals surface area contributed by atoms with Gasteiger partial charge in [0, 0.05) is 36.4 Å². The number of fused-ring (bicyclic) bond motifs is 2. The number of benzene rings is 7. The van der Waals surface area contributed by atoms with E-state index in [9.17, 15) is 0 Å². The molecule has 9 rings (SSSR count). The van der Waals surface area contributed by atoms with Gasteiger partial charge in [0.15, 0.2) is 11.6 Å². The SMILES string of the molecule is c1ccc(-c2nc(-c3ccccc3)n(-c3ccc(N4c5ccccc5S(c5ccccc5)(c5ccccc5)c5ccccc54)cc3)n2)cc1. The molecule has 0 spiro atoms. The van der Waals surface area contributed by atoms with Crippen molar-refractivity contribution >= 4 is 27.1 Å². The monoisotopic (exact) mass is 648 g/mol. The zero-order valence-corrected chi connectivity index (χ0v) is 27.5. The average molecular weight is 649 g/mol. The van der Waals surface area contributed by atoms with Gasteiger partial charge in [-0.15, -0.1) is 15.1 Å². The Bertz CT molecular complexity index is 2280. The quantitative estimate of drug-likeness (QED) is 0.180. The molecule has 0 atom stereocenters. The predicted octanol–water partition coefficient (Wildman–Crippen LogP) is 11.7. The third-order valence-corrected chi connectivity index (χ3v) is 13.1. The number of aromatic nitrogens is 3. The molecule has 0 amide bonds. The summed E-state index contributed by atoms with van der Waals surface area (Å²) in [7, 11) is -1.79. The molecule has 1 aliphatic heterocycles. The van der Waals surface area contributed by atoms with Crippen molar-refractivity contribution in [2.24, 2.45) is 0 Å². The number of nitrogens with zero attached hydrogens (tertiary/aromatic N) is 4. The van der Waals surface area contributed by atoms with Crippen molar-refractivity contribution in [3.05, 3.63) is 194 Å². The second-order valence-electron chi connectivity index (χ2n) is 11.9. The zero-order chi connectivity index (χ0) is 32.6. The Morgan fingerprint density at radius 1 is 0.388 bits per heavy atom. The molecular weight excluding hydrogens is 617 g/mol. The van der Waals surface area contributed by atoms with Crippen LogP contribution in [0.3, 0.4) is 0 Å². The van der Waals surface area contributed by atoms with E-state index in [4.69, 9.17) is 10.1 Å². The van der Waals surface area contributed by atoms with E-state index >= 15 is 0 Å². The van der Waals surface area contributed by atoms with Gasteiger partial charge in [-0.25, -0.2) is 9.67 Å². The van der Waals surface area contributed by atoms with Gasteiger partial charge < -0.3 is 4.90 Å². The van der Waals surface area contributed by atoms with Gasteiger partial charge in [0.25, 0.3) is 0 Å². The molecule has 2 heterocycles. The summed E-state index contributed by atoms with van der Waals surface area (Å²) in [5.74, 6) is 1.50. The van der Waals surface area contributed by atoms with E-state index in [-0.39, 0.29) is 0 Å². The fourth-order valence-electron chi connectivity index (χ4n) is 6.94. The van der Waals surface area contributed by atoms with Crippen LogP contribution in [0.5, 0.6) is 0 Å². The Balaban J connectivity index is 1.21. The number of hydrogen-bond donors (Lipinski definition) is 0. The van der Waals surface area contributed by atoms with Crippen molar-refractivity contribution in [1.29, 1.82) is 0 Å². The lowest BCUT2D eigenvalue weighted by molar-refractivity contribution is 0.890. The van der Waals surface area contributed by atoms with Gasteiger partial charge in [0.1, 0.15) is 0 Å². The van der Waals surface area contributed by atoms with E-state index in [0.29, 0.717) is 5.82 Å². The van der Waals surface area contributed by atoms with Crippen LogP contribution >= 0.6 is 10.0 Å². The number of anilines is 3. The molecule has 0 unspecified atom stereocenters. The number of rotatable bonds is 6. The maximum Gasteiger partial charge on any atom is 0.182 e. The topological polar surface area (TPSA) is 34.0 Å². The molecule has 0 N–H and O–H groups in total. The Morgan fingerprint density at radius 2 is 0.816 bits per heavy atom. The van der Waals surface area contributed by atoms with E-state index in [1.54, 1.807) is 0 Å². The van der Waals surface area contributed by atoms with Crippen molar-refractivity contribution in [3.63, 3.8) is 0 Å². The molecule has 1 aliphatic rings. The molecule has 234 valence electrons. The lowest BCUT2D eigenvalue weighted by Gasteiger charge is -2.49. The molecule has 0 saturated carbocycles. The normalized spacial score (nSPS) is 13.7. The standard InChI is InChI=1S/C44H32N4S/c1-5-17-33(18-6-1)43-45-44(34-19-7-2-8-20-34)48(46-43)36-31-29-35(30-32-36)47-39-25-13-15-27-41(39)49(37-21-9-3-10-22-37,38-23-11-4-12-24-38)42-28-16-14-26-40(42)47/h1-32H. The Labute approximate surface area is 287 Å². The summed E-state index contributed by atoms with van der Waals surface area (Å²) in [5.41, 5.74) is 6.41. The summed E-state index contributed by atoms with van der Waals surface area (Å²) < 4.78 is 1.96. The first kappa shape index (κ1) is 29.0. The van der Waals surface area contributed by atoms with E-state index < -0.39 is 10.0 Å². The van der Waals surface area contributed by atoms with Crippen LogP contribution in [0.15, 0.2) is 214 Å². The minimum absolute atomic E-state index is 0.698. The average Bonchev–Trinajstić information content (AvgIpc) is 3.64. The van der Waals surface area contributed by atoms with Crippen LogP contribution < -0.4 is 4.90 Å². The molecule has 4 nitrogen and oxygen atoms in total. The van der Waals surface area contributed by atoms with Crippen molar-refractivity contribution in [2.45, 2.75) is 19.6 Å². The summed E-state index contributed by atoms with van der Waals surface area (Å²) in [5, 5.41) is 5.02. The summed E-state index contributed by atoms with van der Waals surface area (Å²) in [6, 6.07) is 69.1. The Morgan fingerprint density at radius 3 is 1.35 bits per heavy atom. The zero-order valence-electron chi connectivity index (χ0n) is 26.7. The van der Waals surface area contributed by atoms with Crippen molar-refractivity contribution in [1.82, 2.24) is 14.8 Å². The van der Waals surface area contributed by atoms with E-state index in [2.05, 4.69) is 163 Å². The fraction of sp³-hybridized carbons (Fsp3) is 0. The summed E-state index contributed by atoms with van der Waals surface area (Å²) >= 11 is 0. The second-order valence-corrected chi connectivity index (χ2v) is 15.0. The summed E-state index contributed by atoms with van der Waals surface area (Å²) in [6.07, 6.45) is 0. The maximum atomic E-state index is 5.02. The Hall–Kier alpha value is -6.17. The minimum atomic E-state index is -1.79. The molecule has 0 fully saturated rings. The van der Waals surface area contributed by atoms with Crippen molar-refractivity contribution in [2.75, 3.05) is 4.90 Å². The molecule has 1 aromatic heterocycles. The number of hydrogen-bond acceptors (Lipinski definition) is 3. The second kappa shape index (κ2) is 12.1. The van der Waals surface area contributed by atoms with Crippen LogP contribution in [0, 0.1) is 0 Å². The van der Waals surface area contributed by atoms with Gasteiger partial charge in [-0.1, -0.05) is 121 Å². The molecular formula is C44H32N4S. The first-order valence-corrected chi connectivity index (χ1v) is 18.1. The van der Waals surface area contributed by atoms with Crippen molar-refractivity contribution < 1.29 is 0 Å². The van der Waals surface area contributed by atoms with Crippen LogP contribution in [0.4, 0.5) is 17.1 Å². The summed E-state index contributed by atoms with van der Waals surface area (Å²) in [6.45, 7) is 0. The van der Waals surface area contributed by atoms with E-state index in [1.807, 2.05) is 41.1 Å². The predicted molar refractivity (Wildman–Crippen MR) is 200 cm³/mol.